The average Bonchev–Trinajstić information content (AvgIpc) is 2.90. The number of anilines is 1. The summed E-state index contributed by atoms with van der Waals surface area (Å²) in [4.78, 5) is 11.5. The normalized spacial score (nSPS) is 10.8. The Kier molecular flexibility index (Phi) is 3.46. The molecule has 0 radical (unpaired) electrons. The van der Waals surface area contributed by atoms with Crippen LogP contribution in [-0.2, 0) is 6.42 Å². The summed E-state index contributed by atoms with van der Waals surface area (Å²) < 4.78 is 1.11. The molecule has 0 aliphatic rings. The first-order valence-electron chi connectivity index (χ1n) is 6.09. The Morgan fingerprint density at radius 3 is 2.79 bits per heavy atom. The maximum Gasteiger partial charge on any atom is 0.142 e. The van der Waals surface area contributed by atoms with E-state index in [2.05, 4.69) is 60.5 Å². The van der Waals surface area contributed by atoms with Crippen LogP contribution in [0, 0.1) is 0 Å². The molecule has 0 saturated carbocycles. The fraction of sp³-hybridized carbons (Fsp3) is 0.143. The first-order valence-corrected chi connectivity index (χ1v) is 6.88. The number of aromatic amines is 1. The van der Waals surface area contributed by atoms with E-state index >= 15 is 0 Å². The van der Waals surface area contributed by atoms with Crippen LogP contribution >= 0.6 is 15.9 Å². The molecule has 2 aromatic heterocycles. The second-order valence-corrected chi connectivity index (χ2v) is 5.18. The molecule has 96 valence electrons. The van der Waals surface area contributed by atoms with E-state index in [9.17, 15) is 0 Å². The molecule has 0 aliphatic carbocycles. The molecule has 0 fully saturated rings. The van der Waals surface area contributed by atoms with Gasteiger partial charge in [0, 0.05) is 17.2 Å². The minimum absolute atomic E-state index is 0.846. The molecule has 19 heavy (non-hydrogen) atoms. The lowest BCUT2D eigenvalue weighted by atomic mass is 10.1. The van der Waals surface area contributed by atoms with Gasteiger partial charge in [0.2, 0.25) is 0 Å². The molecule has 2 N–H and O–H groups in total. The summed E-state index contributed by atoms with van der Waals surface area (Å²) in [5, 5.41) is 4.38. The first-order chi connectivity index (χ1) is 9.33. The van der Waals surface area contributed by atoms with Gasteiger partial charge in [0.25, 0.3) is 0 Å². The number of H-pyrrole nitrogens is 1. The van der Waals surface area contributed by atoms with Gasteiger partial charge in [-0.1, -0.05) is 28.1 Å². The number of nitrogens with zero attached hydrogens (tertiary/aromatic N) is 2. The van der Waals surface area contributed by atoms with Gasteiger partial charge in [-0.05, 0) is 30.2 Å². The quantitative estimate of drug-likeness (QED) is 0.776. The fourth-order valence-corrected chi connectivity index (χ4v) is 2.25. The van der Waals surface area contributed by atoms with Gasteiger partial charge in [0.1, 0.15) is 17.8 Å². The Bertz CT molecular complexity index is 675. The Labute approximate surface area is 119 Å². The molecule has 4 nitrogen and oxygen atoms in total. The van der Waals surface area contributed by atoms with Crippen LogP contribution < -0.4 is 5.32 Å². The highest BCUT2D eigenvalue weighted by atomic mass is 79.9. The van der Waals surface area contributed by atoms with Crippen LogP contribution in [0.1, 0.15) is 5.56 Å². The Balaban J connectivity index is 1.66. The van der Waals surface area contributed by atoms with Crippen molar-refractivity contribution in [3.8, 4) is 0 Å². The summed E-state index contributed by atoms with van der Waals surface area (Å²) in [6, 6.07) is 10.3. The van der Waals surface area contributed by atoms with E-state index in [-0.39, 0.29) is 0 Å². The summed E-state index contributed by atoms with van der Waals surface area (Å²) in [5.74, 6) is 0.878. The van der Waals surface area contributed by atoms with Gasteiger partial charge in [-0.3, -0.25) is 0 Å². The van der Waals surface area contributed by atoms with E-state index in [1.807, 2.05) is 12.3 Å². The Morgan fingerprint density at radius 2 is 1.95 bits per heavy atom. The number of benzene rings is 1. The van der Waals surface area contributed by atoms with Crippen LogP contribution in [0.25, 0.3) is 11.0 Å². The smallest absolute Gasteiger partial charge is 0.142 e. The summed E-state index contributed by atoms with van der Waals surface area (Å²) in [7, 11) is 0. The van der Waals surface area contributed by atoms with Crippen molar-refractivity contribution in [1.82, 2.24) is 15.0 Å². The highest BCUT2D eigenvalue weighted by molar-refractivity contribution is 9.10. The maximum absolute atomic E-state index is 4.27. The zero-order valence-electron chi connectivity index (χ0n) is 10.2. The largest absolute Gasteiger partial charge is 0.369 e. The van der Waals surface area contributed by atoms with Crippen molar-refractivity contribution in [1.29, 1.82) is 0 Å². The summed E-state index contributed by atoms with van der Waals surface area (Å²) in [6.45, 7) is 0.846. The number of hydrogen-bond donors (Lipinski definition) is 2. The van der Waals surface area contributed by atoms with Gasteiger partial charge >= 0.3 is 0 Å². The monoisotopic (exact) mass is 316 g/mol. The predicted octanol–water partition coefficient (Wildman–Crippen LogP) is 3.38. The number of rotatable bonds is 4. The third-order valence-corrected chi connectivity index (χ3v) is 3.50. The van der Waals surface area contributed by atoms with Crippen molar-refractivity contribution in [2.75, 3.05) is 11.9 Å². The molecule has 1 aromatic carbocycles. The second kappa shape index (κ2) is 5.40. The van der Waals surface area contributed by atoms with E-state index in [4.69, 9.17) is 0 Å². The van der Waals surface area contributed by atoms with Gasteiger partial charge in [-0.25, -0.2) is 9.97 Å². The van der Waals surface area contributed by atoms with Gasteiger partial charge < -0.3 is 10.3 Å². The molecule has 2 heterocycles. The van der Waals surface area contributed by atoms with E-state index < -0.39 is 0 Å². The fourth-order valence-electron chi connectivity index (χ4n) is 1.99. The third-order valence-electron chi connectivity index (χ3n) is 2.97. The van der Waals surface area contributed by atoms with E-state index in [1.165, 1.54) is 5.56 Å². The molecule has 3 aromatic rings. The lowest BCUT2D eigenvalue weighted by molar-refractivity contribution is 1.01. The number of hydrogen-bond acceptors (Lipinski definition) is 3. The van der Waals surface area contributed by atoms with Crippen molar-refractivity contribution < 1.29 is 0 Å². The lowest BCUT2D eigenvalue weighted by Gasteiger charge is -2.06. The van der Waals surface area contributed by atoms with Gasteiger partial charge in [0.05, 0.1) is 5.39 Å². The summed E-state index contributed by atoms with van der Waals surface area (Å²) in [6.07, 6.45) is 4.41. The van der Waals surface area contributed by atoms with Crippen molar-refractivity contribution in [3.05, 3.63) is 52.9 Å². The molecule has 0 aliphatic heterocycles. The van der Waals surface area contributed by atoms with Crippen molar-refractivity contribution in [3.63, 3.8) is 0 Å². The molecular formula is C14H13BrN4. The van der Waals surface area contributed by atoms with Gasteiger partial charge in [0.15, 0.2) is 0 Å². The highest BCUT2D eigenvalue weighted by Crippen LogP contribution is 2.17. The zero-order valence-corrected chi connectivity index (χ0v) is 11.8. The van der Waals surface area contributed by atoms with Crippen LogP contribution in [-0.4, -0.2) is 21.5 Å². The summed E-state index contributed by atoms with van der Waals surface area (Å²) in [5.41, 5.74) is 2.16. The molecule has 3 rings (SSSR count). The summed E-state index contributed by atoms with van der Waals surface area (Å²) >= 11 is 3.44. The minimum Gasteiger partial charge on any atom is -0.369 e. The van der Waals surface area contributed by atoms with Crippen LogP contribution in [0.4, 0.5) is 5.82 Å². The molecule has 5 heteroatoms. The molecule has 0 amide bonds. The molecular weight excluding hydrogens is 304 g/mol. The van der Waals surface area contributed by atoms with Crippen molar-refractivity contribution in [2.45, 2.75) is 6.42 Å². The highest BCUT2D eigenvalue weighted by Gasteiger charge is 2.03. The standard InChI is InChI=1S/C14H13BrN4/c15-11-3-1-10(2-4-11)5-7-16-13-12-6-8-17-14(12)19-9-18-13/h1-4,6,8-9H,5,7H2,(H2,16,17,18,19). The molecule has 0 bridgehead atoms. The minimum atomic E-state index is 0.846. The van der Waals surface area contributed by atoms with E-state index in [0.717, 1.165) is 34.3 Å². The average molecular weight is 317 g/mol. The van der Waals surface area contributed by atoms with E-state index in [1.54, 1.807) is 6.33 Å². The molecule has 0 unspecified atom stereocenters. The Hall–Kier alpha value is -1.88. The molecule has 0 spiro atoms. The van der Waals surface area contributed by atoms with Gasteiger partial charge in [-0.15, -0.1) is 0 Å². The van der Waals surface area contributed by atoms with E-state index in [0.29, 0.717) is 0 Å². The molecule has 0 atom stereocenters. The zero-order chi connectivity index (χ0) is 13.1. The van der Waals surface area contributed by atoms with Crippen LogP contribution in [0.5, 0.6) is 0 Å². The van der Waals surface area contributed by atoms with Crippen LogP contribution in [0.2, 0.25) is 0 Å². The van der Waals surface area contributed by atoms with Crippen LogP contribution in [0.15, 0.2) is 47.3 Å². The first kappa shape index (κ1) is 12.2. The topological polar surface area (TPSA) is 53.6 Å². The van der Waals surface area contributed by atoms with Crippen LogP contribution in [0.3, 0.4) is 0 Å². The maximum atomic E-state index is 4.27. The number of fused-ring (bicyclic) bond motifs is 1. The number of nitrogens with one attached hydrogen (secondary N) is 2. The Morgan fingerprint density at radius 1 is 1.11 bits per heavy atom. The van der Waals surface area contributed by atoms with Crippen molar-refractivity contribution >= 4 is 32.8 Å². The SMILES string of the molecule is Brc1ccc(CCNc2ncnc3[nH]ccc23)cc1. The van der Waals surface area contributed by atoms with Crippen molar-refractivity contribution in [2.24, 2.45) is 0 Å². The van der Waals surface area contributed by atoms with Gasteiger partial charge in [-0.2, -0.15) is 0 Å². The lowest BCUT2D eigenvalue weighted by Crippen LogP contribution is -2.06. The predicted molar refractivity (Wildman–Crippen MR) is 80.2 cm³/mol. The third kappa shape index (κ3) is 2.76. The second-order valence-electron chi connectivity index (χ2n) is 4.27. The number of aromatic nitrogens is 3. The number of halogens is 1. The molecule has 0 saturated heterocycles.